The first-order valence-corrected chi connectivity index (χ1v) is 10.3. The Balaban J connectivity index is 1.51. The van der Waals surface area contributed by atoms with E-state index in [4.69, 9.17) is 4.74 Å². The molecule has 1 saturated carbocycles. The zero-order chi connectivity index (χ0) is 17.9. The zero-order valence-electron chi connectivity index (χ0n) is 16.3. The summed E-state index contributed by atoms with van der Waals surface area (Å²) in [5, 5.41) is 0. The van der Waals surface area contributed by atoms with E-state index in [9.17, 15) is 0 Å². The van der Waals surface area contributed by atoms with Gasteiger partial charge in [-0.25, -0.2) is 0 Å². The first kappa shape index (κ1) is 17.5. The van der Waals surface area contributed by atoms with Gasteiger partial charge in [0.2, 0.25) is 0 Å². The van der Waals surface area contributed by atoms with E-state index in [-0.39, 0.29) is 0 Å². The van der Waals surface area contributed by atoms with E-state index in [1.807, 2.05) is 0 Å². The van der Waals surface area contributed by atoms with Crippen molar-refractivity contribution < 1.29 is 4.74 Å². The molecular weight excluding hydrogens is 318 g/mol. The molecule has 0 radical (unpaired) electrons. The van der Waals surface area contributed by atoms with Gasteiger partial charge in [-0.1, -0.05) is 18.6 Å². The van der Waals surface area contributed by atoms with E-state index in [2.05, 4.69) is 55.1 Å². The predicted molar refractivity (Wildman–Crippen MR) is 109 cm³/mol. The molecule has 0 amide bonds. The van der Waals surface area contributed by atoms with E-state index in [0.29, 0.717) is 6.10 Å². The summed E-state index contributed by atoms with van der Waals surface area (Å²) < 4.78 is 6.29. The van der Waals surface area contributed by atoms with Gasteiger partial charge in [-0.3, -0.25) is 0 Å². The molecule has 1 aliphatic carbocycles. The van der Waals surface area contributed by atoms with Crippen LogP contribution in [0.2, 0.25) is 0 Å². The van der Waals surface area contributed by atoms with Crippen LogP contribution >= 0.6 is 0 Å². The number of hydrogen-bond acceptors (Lipinski definition) is 2. The summed E-state index contributed by atoms with van der Waals surface area (Å²) in [5.74, 6) is 1.08. The van der Waals surface area contributed by atoms with Crippen LogP contribution in [0.3, 0.4) is 0 Å². The van der Waals surface area contributed by atoms with Crippen LogP contribution in [0.5, 0.6) is 5.75 Å². The van der Waals surface area contributed by atoms with Gasteiger partial charge in [0.15, 0.2) is 0 Å². The molecule has 2 heteroatoms. The number of anilines is 1. The molecule has 4 rings (SSSR count). The second-order valence-corrected chi connectivity index (χ2v) is 8.18. The van der Waals surface area contributed by atoms with Crippen LogP contribution in [0.25, 0.3) is 0 Å². The van der Waals surface area contributed by atoms with E-state index >= 15 is 0 Å². The molecule has 0 aromatic heterocycles. The van der Waals surface area contributed by atoms with Crippen LogP contribution in [0, 0.1) is 13.8 Å². The fraction of sp³-hybridized carbons (Fsp3) is 0.500. The third-order valence-electron chi connectivity index (χ3n) is 5.84. The number of ether oxygens (including phenoxy) is 1. The van der Waals surface area contributed by atoms with Gasteiger partial charge in [0.25, 0.3) is 0 Å². The lowest BCUT2D eigenvalue weighted by molar-refractivity contribution is 0.155. The smallest absolute Gasteiger partial charge is 0.120 e. The van der Waals surface area contributed by atoms with E-state index in [0.717, 1.165) is 25.3 Å². The second kappa shape index (κ2) is 7.73. The molecule has 2 nitrogen and oxygen atoms in total. The van der Waals surface area contributed by atoms with Crippen molar-refractivity contribution in [1.29, 1.82) is 0 Å². The molecule has 0 unspecified atom stereocenters. The Morgan fingerprint density at radius 2 is 1.62 bits per heavy atom. The largest absolute Gasteiger partial charge is 0.490 e. The molecule has 138 valence electrons. The van der Waals surface area contributed by atoms with Gasteiger partial charge in [0, 0.05) is 18.8 Å². The van der Waals surface area contributed by atoms with Crippen LogP contribution in [-0.4, -0.2) is 12.6 Å². The topological polar surface area (TPSA) is 12.5 Å². The summed E-state index contributed by atoms with van der Waals surface area (Å²) in [6, 6.07) is 13.7. The Morgan fingerprint density at radius 1 is 0.846 bits per heavy atom. The Labute approximate surface area is 158 Å². The molecule has 1 aliphatic heterocycles. The average molecular weight is 350 g/mol. The van der Waals surface area contributed by atoms with Gasteiger partial charge >= 0.3 is 0 Å². The summed E-state index contributed by atoms with van der Waals surface area (Å²) in [6.07, 6.45) is 9.24. The van der Waals surface area contributed by atoms with Crippen molar-refractivity contribution in [2.45, 2.75) is 71.4 Å². The molecule has 2 aromatic carbocycles. The number of rotatable bonds is 3. The van der Waals surface area contributed by atoms with Crippen LogP contribution in [0.4, 0.5) is 5.69 Å². The molecule has 0 spiro atoms. The minimum Gasteiger partial charge on any atom is -0.490 e. The molecule has 26 heavy (non-hydrogen) atoms. The third-order valence-corrected chi connectivity index (χ3v) is 5.84. The second-order valence-electron chi connectivity index (χ2n) is 8.18. The van der Waals surface area contributed by atoms with Crippen LogP contribution < -0.4 is 9.64 Å². The average Bonchev–Trinajstić information content (AvgIpc) is 2.84. The maximum absolute atomic E-state index is 6.29. The number of benzene rings is 2. The van der Waals surface area contributed by atoms with Gasteiger partial charge in [0.1, 0.15) is 5.75 Å². The fourth-order valence-corrected chi connectivity index (χ4v) is 4.54. The summed E-state index contributed by atoms with van der Waals surface area (Å²) in [6.45, 7) is 6.51. The van der Waals surface area contributed by atoms with Gasteiger partial charge in [-0.15, -0.1) is 0 Å². The van der Waals surface area contributed by atoms with Crippen molar-refractivity contribution >= 4 is 5.69 Å². The molecule has 1 heterocycles. The monoisotopic (exact) mass is 349 g/mol. The highest BCUT2D eigenvalue weighted by molar-refractivity contribution is 5.52. The van der Waals surface area contributed by atoms with Gasteiger partial charge in [-0.05, 0) is 98.9 Å². The van der Waals surface area contributed by atoms with Crippen molar-refractivity contribution in [3.63, 3.8) is 0 Å². The van der Waals surface area contributed by atoms with Gasteiger partial charge < -0.3 is 9.64 Å². The minimum atomic E-state index is 0.430. The van der Waals surface area contributed by atoms with Crippen molar-refractivity contribution in [1.82, 2.24) is 0 Å². The number of fused-ring (bicyclic) bond motifs is 1. The zero-order valence-corrected chi connectivity index (χ0v) is 16.3. The SMILES string of the molecule is Cc1cc(C)cc(N2CCCc3cc(OC4CCCCC4)ccc3C2)c1. The summed E-state index contributed by atoms with van der Waals surface area (Å²) in [7, 11) is 0. The summed E-state index contributed by atoms with van der Waals surface area (Å²) in [5.41, 5.74) is 6.99. The Morgan fingerprint density at radius 3 is 2.38 bits per heavy atom. The van der Waals surface area contributed by atoms with Crippen LogP contribution in [0.1, 0.15) is 60.8 Å². The lowest BCUT2D eigenvalue weighted by Gasteiger charge is -2.25. The first-order chi connectivity index (χ1) is 12.7. The number of hydrogen-bond donors (Lipinski definition) is 0. The lowest BCUT2D eigenvalue weighted by Crippen LogP contribution is -2.22. The van der Waals surface area contributed by atoms with Crippen molar-refractivity contribution in [2.24, 2.45) is 0 Å². The summed E-state index contributed by atoms with van der Waals surface area (Å²) >= 11 is 0. The van der Waals surface area contributed by atoms with Gasteiger partial charge in [0.05, 0.1) is 6.10 Å². The standard InChI is InChI=1S/C24H31NO/c1-18-13-19(2)15-22(14-18)25-12-6-7-20-16-24(11-10-21(20)17-25)26-23-8-4-3-5-9-23/h10-11,13-16,23H,3-9,12,17H2,1-2H3. The third kappa shape index (κ3) is 4.06. The molecular formula is C24H31NO. The Hall–Kier alpha value is -1.96. The van der Waals surface area contributed by atoms with Crippen molar-refractivity contribution in [3.05, 3.63) is 58.7 Å². The van der Waals surface area contributed by atoms with Gasteiger partial charge in [-0.2, -0.15) is 0 Å². The van der Waals surface area contributed by atoms with Crippen LogP contribution in [-0.2, 0) is 13.0 Å². The van der Waals surface area contributed by atoms with Crippen molar-refractivity contribution in [2.75, 3.05) is 11.4 Å². The maximum atomic E-state index is 6.29. The predicted octanol–water partition coefficient (Wildman–Crippen LogP) is 5.97. The number of aryl methyl sites for hydroxylation is 3. The minimum absolute atomic E-state index is 0.430. The molecule has 0 saturated heterocycles. The quantitative estimate of drug-likeness (QED) is 0.677. The highest BCUT2D eigenvalue weighted by Crippen LogP contribution is 2.29. The first-order valence-electron chi connectivity index (χ1n) is 10.3. The highest BCUT2D eigenvalue weighted by Gasteiger charge is 2.18. The molecule has 0 bridgehead atoms. The lowest BCUT2D eigenvalue weighted by atomic mass is 9.97. The molecule has 2 aliphatic rings. The fourth-order valence-electron chi connectivity index (χ4n) is 4.54. The molecule has 0 N–H and O–H groups in total. The Bertz CT molecular complexity index is 741. The molecule has 1 fully saturated rings. The highest BCUT2D eigenvalue weighted by atomic mass is 16.5. The Kier molecular flexibility index (Phi) is 5.19. The van der Waals surface area contributed by atoms with Crippen LogP contribution in [0.15, 0.2) is 36.4 Å². The normalized spacial score (nSPS) is 18.3. The maximum Gasteiger partial charge on any atom is 0.120 e. The van der Waals surface area contributed by atoms with E-state index in [1.54, 1.807) is 0 Å². The molecule has 2 aromatic rings. The van der Waals surface area contributed by atoms with E-state index in [1.165, 1.54) is 66.5 Å². The summed E-state index contributed by atoms with van der Waals surface area (Å²) in [4.78, 5) is 2.54. The molecule has 0 atom stereocenters. The van der Waals surface area contributed by atoms with E-state index < -0.39 is 0 Å². The number of nitrogens with zero attached hydrogens (tertiary/aromatic N) is 1. The van der Waals surface area contributed by atoms with Crippen molar-refractivity contribution in [3.8, 4) is 5.75 Å².